The molecule has 0 saturated heterocycles. The maximum atomic E-state index is 13.0. The van der Waals surface area contributed by atoms with E-state index >= 15 is 0 Å². The molecule has 1 aromatic heterocycles. The Bertz CT molecular complexity index is 1240. The van der Waals surface area contributed by atoms with Crippen molar-refractivity contribution >= 4 is 28.8 Å². The molecule has 1 aliphatic heterocycles. The largest absolute Gasteiger partial charge is 0.467 e. The van der Waals surface area contributed by atoms with E-state index in [1.165, 1.54) is 6.92 Å². The maximum absolute atomic E-state index is 13.0. The Kier molecular flexibility index (Phi) is 4.98. The number of nitrogens with zero attached hydrogens (tertiary/aromatic N) is 1. The second-order valence-electron chi connectivity index (χ2n) is 8.03. The summed E-state index contributed by atoms with van der Waals surface area (Å²) in [5.41, 5.74) is 3.65. The molecule has 32 heavy (non-hydrogen) atoms. The van der Waals surface area contributed by atoms with Crippen molar-refractivity contribution in [1.29, 1.82) is 0 Å². The average molecular weight is 426 g/mol. The van der Waals surface area contributed by atoms with Gasteiger partial charge < -0.3 is 9.73 Å². The Morgan fingerprint density at radius 2 is 1.81 bits per heavy atom. The Balaban J connectivity index is 1.68. The third-order valence-corrected chi connectivity index (χ3v) is 5.98. The van der Waals surface area contributed by atoms with Crippen LogP contribution < -0.4 is 10.2 Å². The van der Waals surface area contributed by atoms with Crippen LogP contribution in [0.15, 0.2) is 82.6 Å². The van der Waals surface area contributed by atoms with E-state index in [4.69, 9.17) is 4.42 Å². The van der Waals surface area contributed by atoms with Gasteiger partial charge in [-0.1, -0.05) is 30.3 Å². The van der Waals surface area contributed by atoms with Gasteiger partial charge in [0, 0.05) is 35.7 Å². The van der Waals surface area contributed by atoms with Crippen molar-refractivity contribution < 1.29 is 18.8 Å². The van der Waals surface area contributed by atoms with Crippen LogP contribution in [0.2, 0.25) is 0 Å². The number of allylic oxidation sites excluding steroid dienone is 1. The molecule has 0 bridgehead atoms. The molecule has 6 nitrogen and oxygen atoms in total. The highest BCUT2D eigenvalue weighted by atomic mass is 16.3. The molecule has 0 fully saturated rings. The quantitative estimate of drug-likeness (QED) is 0.594. The summed E-state index contributed by atoms with van der Waals surface area (Å²) in [6.07, 6.45) is 3.38. The summed E-state index contributed by atoms with van der Waals surface area (Å²) < 4.78 is 5.68. The van der Waals surface area contributed by atoms with Crippen molar-refractivity contribution in [3.63, 3.8) is 0 Å². The van der Waals surface area contributed by atoms with E-state index in [-0.39, 0.29) is 17.5 Å². The summed E-state index contributed by atoms with van der Waals surface area (Å²) in [5, 5.41) is 3.39. The lowest BCUT2D eigenvalue weighted by molar-refractivity contribution is -0.117. The summed E-state index contributed by atoms with van der Waals surface area (Å²) in [4.78, 5) is 40.5. The van der Waals surface area contributed by atoms with Gasteiger partial charge >= 0.3 is 0 Å². The first-order chi connectivity index (χ1) is 15.5. The summed E-state index contributed by atoms with van der Waals surface area (Å²) >= 11 is 0. The number of fused-ring (bicyclic) bond motifs is 1. The van der Waals surface area contributed by atoms with Gasteiger partial charge in [0.05, 0.1) is 17.6 Å². The lowest BCUT2D eigenvalue weighted by atomic mass is 9.88. The molecule has 2 aliphatic rings. The first-order valence-corrected chi connectivity index (χ1v) is 10.6. The number of ketones is 2. The fourth-order valence-corrected chi connectivity index (χ4v) is 4.55. The highest BCUT2D eigenvalue weighted by Crippen LogP contribution is 2.45. The Morgan fingerprint density at radius 3 is 2.53 bits per heavy atom. The summed E-state index contributed by atoms with van der Waals surface area (Å²) in [5.74, 6) is 0.205. The van der Waals surface area contributed by atoms with Crippen LogP contribution in [0.3, 0.4) is 0 Å². The normalized spacial score (nSPS) is 17.8. The van der Waals surface area contributed by atoms with Crippen molar-refractivity contribution in [3.05, 3.63) is 95.1 Å². The second kappa shape index (κ2) is 7.96. The lowest BCUT2D eigenvalue weighted by Crippen LogP contribution is -2.36. The van der Waals surface area contributed by atoms with Crippen molar-refractivity contribution in [3.8, 4) is 0 Å². The number of nitrogens with one attached hydrogen (secondary N) is 1. The number of carbonyl (C=O) groups excluding carboxylic acids is 3. The second-order valence-corrected chi connectivity index (χ2v) is 8.03. The minimum absolute atomic E-state index is 0.000193. The van der Waals surface area contributed by atoms with E-state index in [1.807, 2.05) is 18.2 Å². The molecule has 1 N–H and O–H groups in total. The highest BCUT2D eigenvalue weighted by Gasteiger charge is 2.40. The molecule has 0 saturated carbocycles. The predicted molar refractivity (Wildman–Crippen MR) is 120 cm³/mol. The summed E-state index contributed by atoms with van der Waals surface area (Å²) in [7, 11) is 0. The molecule has 1 aliphatic carbocycles. The molecule has 5 rings (SSSR count). The molecule has 160 valence electrons. The third-order valence-electron chi connectivity index (χ3n) is 5.98. The van der Waals surface area contributed by atoms with E-state index in [1.54, 1.807) is 53.6 Å². The zero-order chi connectivity index (χ0) is 22.2. The van der Waals surface area contributed by atoms with E-state index in [9.17, 15) is 14.4 Å². The number of anilines is 2. The molecular formula is C26H22N2O4. The van der Waals surface area contributed by atoms with Crippen molar-refractivity contribution in [2.45, 2.75) is 32.2 Å². The molecule has 1 unspecified atom stereocenters. The molecule has 3 aromatic rings. The van der Waals surface area contributed by atoms with Crippen LogP contribution in [-0.2, 0) is 9.59 Å². The molecular weight excluding hydrogens is 404 g/mol. The molecule has 2 aromatic carbocycles. The van der Waals surface area contributed by atoms with Gasteiger partial charge in [0.2, 0.25) is 5.91 Å². The Hall–Kier alpha value is -3.93. The third kappa shape index (κ3) is 3.34. The number of Topliss-reactive ketones (excluding diaryl/α,β-unsaturated/α-hetero) is 1. The molecule has 2 heterocycles. The van der Waals surface area contributed by atoms with Crippen molar-refractivity contribution in [2.24, 2.45) is 0 Å². The smallest absolute Gasteiger partial charge is 0.224 e. The summed E-state index contributed by atoms with van der Waals surface area (Å²) in [6, 6.07) is 17.2. The Morgan fingerprint density at radius 1 is 1.00 bits per heavy atom. The van der Waals surface area contributed by atoms with Gasteiger partial charge in [-0.2, -0.15) is 0 Å². The predicted octanol–water partition coefficient (Wildman–Crippen LogP) is 5.04. The highest BCUT2D eigenvalue weighted by molar-refractivity contribution is 6.11. The number of hydrogen-bond donors (Lipinski definition) is 1. The minimum atomic E-state index is -0.658. The first-order valence-electron chi connectivity index (χ1n) is 10.6. The van der Waals surface area contributed by atoms with E-state index in [0.29, 0.717) is 46.7 Å². The number of benzene rings is 2. The maximum Gasteiger partial charge on any atom is 0.224 e. The average Bonchev–Trinajstić information content (AvgIpc) is 3.28. The number of furan rings is 1. The monoisotopic (exact) mass is 426 g/mol. The summed E-state index contributed by atoms with van der Waals surface area (Å²) in [6.45, 7) is 1.47. The lowest BCUT2D eigenvalue weighted by Gasteiger charge is -2.31. The van der Waals surface area contributed by atoms with Crippen molar-refractivity contribution in [1.82, 2.24) is 0 Å². The molecule has 6 heteroatoms. The van der Waals surface area contributed by atoms with Crippen LogP contribution in [0.5, 0.6) is 0 Å². The molecule has 0 radical (unpaired) electrons. The number of carbonyl (C=O) groups is 3. The van der Waals surface area contributed by atoms with Crippen LogP contribution in [0.1, 0.15) is 53.9 Å². The van der Waals surface area contributed by atoms with Gasteiger partial charge in [-0.05, 0) is 43.2 Å². The Labute approximate surface area is 185 Å². The van der Waals surface area contributed by atoms with Crippen LogP contribution in [0, 0.1) is 0 Å². The first kappa shape index (κ1) is 20.0. The zero-order valence-electron chi connectivity index (χ0n) is 17.6. The molecule has 1 atom stereocenters. The van der Waals surface area contributed by atoms with E-state index < -0.39 is 6.04 Å². The standard InChI is InChI=1S/C26H22N2O4/c1-16(29)28-21-13-12-18(26(31)17-7-3-2-4-8-17)15-20(21)27-19-9-5-10-22(30)24(19)25(28)23-11-6-14-32-23/h2-4,6-8,11-15,25,27H,5,9-10H2,1H3. The van der Waals surface area contributed by atoms with Gasteiger partial charge in [-0.25, -0.2) is 0 Å². The van der Waals surface area contributed by atoms with Crippen LogP contribution in [0.4, 0.5) is 11.4 Å². The fourth-order valence-electron chi connectivity index (χ4n) is 4.55. The number of rotatable bonds is 3. The van der Waals surface area contributed by atoms with Gasteiger partial charge in [0.15, 0.2) is 11.6 Å². The van der Waals surface area contributed by atoms with Crippen LogP contribution >= 0.6 is 0 Å². The van der Waals surface area contributed by atoms with E-state index in [0.717, 1.165) is 12.1 Å². The van der Waals surface area contributed by atoms with Gasteiger partial charge in [0.1, 0.15) is 11.8 Å². The topological polar surface area (TPSA) is 79.6 Å². The SMILES string of the molecule is CC(=O)N1c2ccc(C(=O)c3ccccc3)cc2NC2=C(C(=O)CCC2)C1c1ccco1. The van der Waals surface area contributed by atoms with Gasteiger partial charge in [-0.3, -0.25) is 19.3 Å². The van der Waals surface area contributed by atoms with Crippen LogP contribution in [-0.4, -0.2) is 17.5 Å². The van der Waals surface area contributed by atoms with Crippen molar-refractivity contribution in [2.75, 3.05) is 10.2 Å². The molecule has 1 amide bonds. The van der Waals surface area contributed by atoms with Gasteiger partial charge in [-0.15, -0.1) is 0 Å². The van der Waals surface area contributed by atoms with Gasteiger partial charge in [0.25, 0.3) is 0 Å². The van der Waals surface area contributed by atoms with Crippen LogP contribution in [0.25, 0.3) is 0 Å². The number of amides is 1. The van der Waals surface area contributed by atoms with E-state index in [2.05, 4.69) is 5.32 Å². The fraction of sp³-hybridized carbons (Fsp3) is 0.192. The minimum Gasteiger partial charge on any atom is -0.467 e. The number of hydrogen-bond acceptors (Lipinski definition) is 5. The zero-order valence-corrected chi connectivity index (χ0v) is 17.6. The molecule has 0 spiro atoms.